The molecule has 1 fully saturated rings. The zero-order chi connectivity index (χ0) is 21.1. The molecule has 156 valence electrons. The first kappa shape index (κ1) is 20.9. The number of ether oxygens (including phenoxy) is 1. The minimum Gasteiger partial charge on any atom is -0.505 e. The summed E-state index contributed by atoms with van der Waals surface area (Å²) in [6, 6.07) is 4.70. The van der Waals surface area contributed by atoms with E-state index in [0.717, 1.165) is 25.7 Å². The van der Waals surface area contributed by atoms with Crippen LogP contribution in [0.2, 0.25) is 0 Å². The molecular formula is C21H27N3O5. The van der Waals surface area contributed by atoms with Crippen LogP contribution in [0.3, 0.4) is 0 Å². The Labute approximate surface area is 169 Å². The number of phenolic OH excluding ortho intramolecular Hbond substituents is 1. The minimum absolute atomic E-state index is 0.0443. The number of nitrogens with zero attached hydrogens (tertiary/aromatic N) is 1. The first-order valence-electron chi connectivity index (χ1n) is 9.74. The Kier molecular flexibility index (Phi) is 6.22. The molecule has 2 atom stereocenters. The number of anilines is 3. The summed E-state index contributed by atoms with van der Waals surface area (Å²) in [6.45, 7) is 0.589. The van der Waals surface area contributed by atoms with Gasteiger partial charge in [0.25, 0.3) is 16.8 Å². The van der Waals surface area contributed by atoms with Crippen LogP contribution < -0.4 is 21.5 Å². The number of hydrogen-bond acceptors (Lipinski definition) is 7. The number of benzene rings is 1. The van der Waals surface area contributed by atoms with Crippen molar-refractivity contribution in [1.82, 2.24) is 4.90 Å². The summed E-state index contributed by atoms with van der Waals surface area (Å²) in [6.07, 6.45) is 4.05. The van der Waals surface area contributed by atoms with Crippen molar-refractivity contribution in [3.05, 3.63) is 44.2 Å². The van der Waals surface area contributed by atoms with Gasteiger partial charge in [-0.05, 0) is 25.0 Å². The number of phenols is 1. The largest absolute Gasteiger partial charge is 0.505 e. The topological polar surface area (TPSA) is 108 Å². The molecule has 3 N–H and O–H groups in total. The average Bonchev–Trinajstić information content (AvgIpc) is 2.72. The Morgan fingerprint density at radius 2 is 1.86 bits per heavy atom. The maximum absolute atomic E-state index is 12.2. The Balaban J connectivity index is 1.85. The molecule has 3 rings (SSSR count). The van der Waals surface area contributed by atoms with E-state index in [9.17, 15) is 19.5 Å². The summed E-state index contributed by atoms with van der Waals surface area (Å²) in [4.78, 5) is 37.9. The Hall–Kier alpha value is -2.87. The summed E-state index contributed by atoms with van der Waals surface area (Å²) in [7, 11) is 4.82. The van der Waals surface area contributed by atoms with Gasteiger partial charge >= 0.3 is 0 Å². The maximum atomic E-state index is 12.2. The van der Waals surface area contributed by atoms with Crippen molar-refractivity contribution in [2.24, 2.45) is 5.92 Å². The summed E-state index contributed by atoms with van der Waals surface area (Å²) < 4.78 is 5.29. The van der Waals surface area contributed by atoms with Gasteiger partial charge in [0.15, 0.2) is 5.75 Å². The second-order valence-corrected chi connectivity index (χ2v) is 7.69. The number of carbonyl (C=O) groups is 1. The molecule has 1 amide bonds. The number of amides is 1. The van der Waals surface area contributed by atoms with Gasteiger partial charge in [-0.15, -0.1) is 0 Å². The number of hydrogen-bond donors (Lipinski definition) is 3. The summed E-state index contributed by atoms with van der Waals surface area (Å²) in [5.41, 5.74) is -0.566. The van der Waals surface area contributed by atoms with Gasteiger partial charge in [-0.2, -0.15) is 0 Å². The van der Waals surface area contributed by atoms with Crippen LogP contribution in [0.15, 0.2) is 27.8 Å². The lowest BCUT2D eigenvalue weighted by atomic mass is 9.84. The molecular weight excluding hydrogens is 374 g/mol. The number of rotatable bonds is 7. The number of carbonyl (C=O) groups excluding carboxylic acids is 1. The van der Waals surface area contributed by atoms with E-state index in [-0.39, 0.29) is 46.2 Å². The second kappa shape index (κ2) is 8.65. The molecule has 0 bridgehead atoms. The first-order chi connectivity index (χ1) is 13.8. The molecule has 0 heterocycles. The van der Waals surface area contributed by atoms with Gasteiger partial charge in [0.2, 0.25) is 0 Å². The average molecular weight is 401 g/mol. The Morgan fingerprint density at radius 1 is 1.17 bits per heavy atom. The van der Waals surface area contributed by atoms with E-state index in [0.29, 0.717) is 6.61 Å². The predicted molar refractivity (Wildman–Crippen MR) is 112 cm³/mol. The van der Waals surface area contributed by atoms with Crippen LogP contribution in [-0.2, 0) is 4.74 Å². The highest BCUT2D eigenvalue weighted by Gasteiger charge is 2.30. The van der Waals surface area contributed by atoms with Gasteiger partial charge in [0, 0.05) is 33.2 Å². The molecule has 8 nitrogen and oxygen atoms in total. The molecule has 0 spiro atoms. The summed E-state index contributed by atoms with van der Waals surface area (Å²) in [5, 5.41) is 16.6. The van der Waals surface area contributed by atoms with E-state index in [1.54, 1.807) is 33.3 Å². The molecule has 1 aliphatic carbocycles. The minimum atomic E-state index is -0.643. The maximum Gasteiger partial charge on any atom is 0.257 e. The third-order valence-electron chi connectivity index (χ3n) is 5.46. The van der Waals surface area contributed by atoms with E-state index < -0.39 is 10.9 Å². The predicted octanol–water partition coefficient (Wildman–Crippen LogP) is 2.05. The fourth-order valence-corrected chi connectivity index (χ4v) is 3.84. The van der Waals surface area contributed by atoms with E-state index >= 15 is 0 Å². The molecule has 2 aromatic rings. The van der Waals surface area contributed by atoms with Crippen LogP contribution in [0.5, 0.6) is 5.75 Å². The highest BCUT2D eigenvalue weighted by atomic mass is 16.5. The van der Waals surface area contributed by atoms with Crippen molar-refractivity contribution in [2.45, 2.75) is 31.7 Å². The molecule has 0 aliphatic heterocycles. The zero-order valence-electron chi connectivity index (χ0n) is 16.9. The molecule has 8 heteroatoms. The fourth-order valence-electron chi connectivity index (χ4n) is 3.84. The first-order valence-corrected chi connectivity index (χ1v) is 9.74. The molecule has 0 radical (unpaired) electrons. The normalized spacial score (nSPS) is 19.1. The van der Waals surface area contributed by atoms with Crippen LogP contribution in [0.25, 0.3) is 0 Å². The lowest BCUT2D eigenvalue weighted by Gasteiger charge is -2.33. The van der Waals surface area contributed by atoms with Gasteiger partial charge in [-0.1, -0.05) is 18.9 Å². The number of aromatic hydroxyl groups is 1. The van der Waals surface area contributed by atoms with Gasteiger partial charge in [-0.3, -0.25) is 14.4 Å². The number of para-hydroxylation sites is 1. The number of methoxy groups -OCH3 is 1. The molecule has 2 aromatic carbocycles. The second-order valence-electron chi connectivity index (χ2n) is 7.69. The molecule has 29 heavy (non-hydrogen) atoms. The SMILES string of the molecule is COC[C@@H]1CCCC[C@@H]1Nc1c(Nc2cccc(C(=O)N(C)C)c2O)c(=O)c1=O. The van der Waals surface area contributed by atoms with Gasteiger partial charge < -0.3 is 25.4 Å². The standard InChI is InChI=1S/C21H27N3O5/c1-24(2)21(28)13-8-6-10-15(18(13)25)23-17-16(19(26)20(17)27)22-14-9-5-4-7-12(14)11-29-3/h6,8,10,12,14,22-23,25H,4-5,7,9,11H2,1-3H3/t12-,14-/m0/s1. The third-order valence-corrected chi connectivity index (χ3v) is 5.46. The van der Waals surface area contributed by atoms with Gasteiger partial charge in [0.1, 0.15) is 11.4 Å². The van der Waals surface area contributed by atoms with E-state index in [1.165, 1.54) is 11.0 Å². The van der Waals surface area contributed by atoms with E-state index in [1.807, 2.05) is 0 Å². The monoisotopic (exact) mass is 401 g/mol. The highest BCUT2D eigenvalue weighted by molar-refractivity contribution is 5.99. The third kappa shape index (κ3) is 4.12. The van der Waals surface area contributed by atoms with Crippen LogP contribution in [0.1, 0.15) is 36.0 Å². The fraction of sp³-hybridized carbons (Fsp3) is 0.476. The summed E-state index contributed by atoms with van der Waals surface area (Å²) >= 11 is 0. The molecule has 0 aromatic heterocycles. The Bertz CT molecular complexity index is 960. The molecule has 1 saturated carbocycles. The van der Waals surface area contributed by atoms with Crippen molar-refractivity contribution in [3.8, 4) is 5.75 Å². The number of nitrogens with one attached hydrogen (secondary N) is 2. The van der Waals surface area contributed by atoms with Crippen molar-refractivity contribution >= 4 is 23.0 Å². The lowest BCUT2D eigenvalue weighted by Crippen LogP contribution is -2.42. The van der Waals surface area contributed by atoms with Crippen molar-refractivity contribution in [2.75, 3.05) is 38.4 Å². The summed E-state index contributed by atoms with van der Waals surface area (Å²) in [5.74, 6) is -0.361. The molecule has 0 saturated heterocycles. The Morgan fingerprint density at radius 3 is 2.55 bits per heavy atom. The molecule has 1 aliphatic rings. The zero-order valence-corrected chi connectivity index (χ0v) is 16.9. The van der Waals surface area contributed by atoms with Crippen molar-refractivity contribution in [3.63, 3.8) is 0 Å². The van der Waals surface area contributed by atoms with Crippen molar-refractivity contribution < 1.29 is 14.6 Å². The molecule has 0 unspecified atom stereocenters. The van der Waals surface area contributed by atoms with Crippen LogP contribution in [0.4, 0.5) is 17.1 Å². The smallest absolute Gasteiger partial charge is 0.257 e. The van der Waals surface area contributed by atoms with Crippen LogP contribution in [0, 0.1) is 5.92 Å². The van der Waals surface area contributed by atoms with Gasteiger partial charge in [0.05, 0.1) is 17.9 Å². The van der Waals surface area contributed by atoms with Gasteiger partial charge in [-0.25, -0.2) is 0 Å². The van der Waals surface area contributed by atoms with E-state index in [4.69, 9.17) is 4.74 Å². The van der Waals surface area contributed by atoms with E-state index in [2.05, 4.69) is 10.6 Å². The highest BCUT2D eigenvalue weighted by Crippen LogP contribution is 2.33. The van der Waals surface area contributed by atoms with Crippen molar-refractivity contribution in [1.29, 1.82) is 0 Å². The lowest BCUT2D eigenvalue weighted by molar-refractivity contribution is 0.0824. The van der Waals surface area contributed by atoms with Crippen LogP contribution >= 0.6 is 0 Å². The van der Waals surface area contributed by atoms with Crippen LogP contribution in [-0.4, -0.2) is 49.8 Å². The quantitative estimate of drug-likeness (QED) is 0.481.